The van der Waals surface area contributed by atoms with Crippen molar-refractivity contribution in [3.8, 4) is 0 Å². The van der Waals surface area contributed by atoms with Gasteiger partial charge in [0, 0.05) is 0 Å². The van der Waals surface area contributed by atoms with Gasteiger partial charge < -0.3 is 0 Å². The minimum Gasteiger partial charge on any atom is -0.206 e. The smallest absolute Gasteiger partial charge is 0.206 e. The zero-order valence-corrected chi connectivity index (χ0v) is 6.90. The highest BCUT2D eigenvalue weighted by Crippen LogP contribution is 2.51. The summed E-state index contributed by atoms with van der Waals surface area (Å²) in [7, 11) is 0.820. The minimum absolute atomic E-state index is 0.820. The zero-order chi connectivity index (χ0) is 12.0. The second-order valence-corrected chi connectivity index (χ2v) is 2.85. The van der Waals surface area contributed by atoms with Crippen LogP contribution in [0.4, 0.5) is 39.5 Å². The Balaban J connectivity index is 5.30. The lowest BCUT2D eigenvalue weighted by Gasteiger charge is -2.31. The van der Waals surface area contributed by atoms with E-state index in [2.05, 4.69) is 0 Å². The molecule has 0 saturated heterocycles. The first kappa shape index (κ1) is 13.6. The zero-order valence-electron chi connectivity index (χ0n) is 5.90. The highest BCUT2D eigenvalue weighted by molar-refractivity contribution is 6.14. The molecule has 0 atom stereocenters. The Kier molecular flexibility index (Phi) is 2.95. The van der Waals surface area contributed by atoms with Crippen LogP contribution in [0.25, 0.3) is 0 Å². The molecule has 0 rings (SSSR count). The van der Waals surface area contributed by atoms with Crippen LogP contribution < -0.4 is 0 Å². The van der Waals surface area contributed by atoms with Crippen molar-refractivity contribution in [1.29, 1.82) is 0 Å². The van der Waals surface area contributed by atoms with E-state index in [1.807, 2.05) is 0 Å². The summed E-state index contributed by atoms with van der Waals surface area (Å²) in [6, 6.07) is 0. The quantitative estimate of drug-likeness (QED) is 0.519. The summed E-state index contributed by atoms with van der Waals surface area (Å²) in [5, 5.41) is 0. The third kappa shape index (κ3) is 1.84. The Morgan fingerprint density at radius 1 is 0.571 bits per heavy atom. The molecule has 0 unspecified atom stereocenters. The average Bonchev–Trinajstić information content (AvgIpc) is 1.81. The Morgan fingerprint density at radius 2 is 0.857 bits per heavy atom. The molecule has 10 heteroatoms. The minimum atomic E-state index is -6.81. The van der Waals surface area contributed by atoms with E-state index >= 15 is 0 Å². The first-order valence-corrected chi connectivity index (χ1v) is 3.20. The largest absolute Gasteiger partial charge is 0.460 e. The van der Waals surface area contributed by atoms with Crippen molar-refractivity contribution < 1.29 is 39.5 Å². The fraction of sp³-hybridized carbons (Fsp3) is 1.00. The van der Waals surface area contributed by atoms with Crippen LogP contribution in [0, 0.1) is 0 Å². The SMILES string of the molecule is FC(F)(F)C(F)(F)C(F)(F)C(F)(F)[Si]. The molecule has 0 amide bonds. The van der Waals surface area contributed by atoms with E-state index in [9.17, 15) is 39.5 Å². The van der Waals surface area contributed by atoms with E-state index in [0.29, 0.717) is 0 Å². The van der Waals surface area contributed by atoms with Crippen LogP contribution in [0.1, 0.15) is 0 Å². The highest BCUT2D eigenvalue weighted by atomic mass is 28.1. The fourth-order valence-corrected chi connectivity index (χ4v) is 0.532. The molecule has 0 aliphatic rings. The Morgan fingerprint density at radius 3 is 0.929 bits per heavy atom. The molecule has 0 aromatic heterocycles. The molecule has 0 saturated carbocycles. The van der Waals surface area contributed by atoms with E-state index < -0.39 is 23.6 Å². The van der Waals surface area contributed by atoms with Crippen LogP contribution in [0.5, 0.6) is 0 Å². The van der Waals surface area contributed by atoms with Crippen molar-refractivity contribution in [1.82, 2.24) is 0 Å². The molecular weight excluding hydrogens is 247 g/mol. The molecule has 0 N–H and O–H groups in total. The number of hydrogen-bond donors (Lipinski definition) is 0. The summed E-state index contributed by atoms with van der Waals surface area (Å²) in [6.45, 7) is 0. The summed E-state index contributed by atoms with van der Waals surface area (Å²) in [5.74, 6) is -13.4. The lowest BCUT2D eigenvalue weighted by Crippen LogP contribution is -2.61. The first-order valence-electron chi connectivity index (χ1n) is 2.70. The van der Waals surface area contributed by atoms with E-state index in [1.54, 1.807) is 0 Å². The highest BCUT2D eigenvalue weighted by Gasteiger charge is 2.80. The lowest BCUT2D eigenvalue weighted by molar-refractivity contribution is -0.382. The van der Waals surface area contributed by atoms with Gasteiger partial charge in [0.25, 0.3) is 5.55 Å². The van der Waals surface area contributed by atoms with Crippen LogP contribution >= 0.6 is 0 Å². The number of halogens is 9. The van der Waals surface area contributed by atoms with Crippen LogP contribution in [-0.2, 0) is 0 Å². The van der Waals surface area contributed by atoms with Crippen LogP contribution in [0.2, 0.25) is 0 Å². The molecule has 0 aliphatic heterocycles. The van der Waals surface area contributed by atoms with Gasteiger partial charge in [0.1, 0.15) is 10.2 Å². The van der Waals surface area contributed by atoms with Gasteiger partial charge in [-0.1, -0.05) is 0 Å². The number of hydrogen-bond acceptors (Lipinski definition) is 0. The number of alkyl halides is 9. The summed E-state index contributed by atoms with van der Waals surface area (Å²) in [6.07, 6.45) is -6.76. The molecule has 0 nitrogen and oxygen atoms in total. The maximum Gasteiger partial charge on any atom is 0.460 e. The van der Waals surface area contributed by atoms with Gasteiger partial charge in [-0.05, 0) is 0 Å². The van der Waals surface area contributed by atoms with Crippen LogP contribution in [-0.4, -0.2) is 33.8 Å². The number of rotatable bonds is 2. The third-order valence-electron chi connectivity index (χ3n) is 1.14. The third-order valence-corrected chi connectivity index (χ3v) is 1.46. The molecule has 0 aliphatic carbocycles. The second kappa shape index (κ2) is 3.04. The molecule has 3 radical (unpaired) electrons. The van der Waals surface area contributed by atoms with E-state index in [4.69, 9.17) is 0 Å². The Labute approximate surface area is 74.5 Å². The molecule has 83 valence electrons. The molecular formula is C4F9Si. The summed E-state index contributed by atoms with van der Waals surface area (Å²) in [5.41, 5.74) is -5.66. The molecule has 0 aromatic carbocycles. The van der Waals surface area contributed by atoms with Gasteiger partial charge in [-0.25, -0.2) is 8.78 Å². The lowest BCUT2D eigenvalue weighted by atomic mass is 10.1. The van der Waals surface area contributed by atoms with Crippen molar-refractivity contribution in [2.75, 3.05) is 0 Å². The summed E-state index contributed by atoms with van der Waals surface area (Å²) >= 11 is 0. The van der Waals surface area contributed by atoms with Crippen molar-refractivity contribution >= 4 is 10.2 Å². The van der Waals surface area contributed by atoms with Gasteiger partial charge in [0.15, 0.2) is 0 Å². The topological polar surface area (TPSA) is 0 Å². The van der Waals surface area contributed by atoms with E-state index in [1.165, 1.54) is 0 Å². The molecule has 0 spiro atoms. The summed E-state index contributed by atoms with van der Waals surface area (Å²) in [4.78, 5) is 0. The van der Waals surface area contributed by atoms with Crippen LogP contribution in [0.15, 0.2) is 0 Å². The van der Waals surface area contributed by atoms with Gasteiger partial charge in [-0.2, -0.15) is 30.7 Å². The first-order chi connectivity index (χ1) is 5.75. The monoisotopic (exact) mass is 247 g/mol. The van der Waals surface area contributed by atoms with Crippen molar-refractivity contribution in [3.63, 3.8) is 0 Å². The van der Waals surface area contributed by atoms with Gasteiger partial charge in [0.05, 0.1) is 0 Å². The Hall–Kier alpha value is -0.413. The predicted octanol–water partition coefficient (Wildman–Crippen LogP) is 2.58. The standard InChI is InChI=1S/C4F9Si/c5-1(6,3(9,10)11)2(7,8)4(12,13)14. The molecule has 0 bridgehead atoms. The fourth-order valence-electron chi connectivity index (χ4n) is 0.375. The van der Waals surface area contributed by atoms with Gasteiger partial charge >= 0.3 is 18.0 Å². The van der Waals surface area contributed by atoms with Gasteiger partial charge in [-0.15, -0.1) is 0 Å². The molecule has 0 fully saturated rings. The second-order valence-electron chi connectivity index (χ2n) is 2.22. The Bertz CT molecular complexity index is 186. The maximum absolute atomic E-state index is 11.9. The van der Waals surface area contributed by atoms with Gasteiger partial charge in [-0.3, -0.25) is 0 Å². The molecule has 0 heterocycles. The van der Waals surface area contributed by atoms with Crippen LogP contribution in [0.3, 0.4) is 0 Å². The van der Waals surface area contributed by atoms with Crippen molar-refractivity contribution in [3.05, 3.63) is 0 Å². The normalized spacial score (nSPS) is 15.9. The summed E-state index contributed by atoms with van der Waals surface area (Å²) < 4.78 is 105. The molecule has 0 aromatic rings. The molecule has 14 heavy (non-hydrogen) atoms. The predicted molar refractivity (Wildman–Crippen MR) is 26.6 cm³/mol. The maximum atomic E-state index is 11.9. The van der Waals surface area contributed by atoms with Crippen molar-refractivity contribution in [2.45, 2.75) is 23.6 Å². The average molecular weight is 247 g/mol. The van der Waals surface area contributed by atoms with E-state index in [0.717, 1.165) is 10.2 Å². The van der Waals surface area contributed by atoms with E-state index in [-0.39, 0.29) is 0 Å². The van der Waals surface area contributed by atoms with Crippen molar-refractivity contribution in [2.24, 2.45) is 0 Å². The van der Waals surface area contributed by atoms with Gasteiger partial charge in [0.2, 0.25) is 0 Å².